The molecule has 0 saturated carbocycles. The molecule has 25 heavy (non-hydrogen) atoms. The second kappa shape index (κ2) is 9.94. The predicted octanol–water partition coefficient (Wildman–Crippen LogP) is 6.28. The Labute approximate surface area is 154 Å². The minimum atomic E-state index is -0.000128. The molecule has 0 aromatic heterocycles. The van der Waals surface area contributed by atoms with Crippen LogP contribution >= 0.6 is 0 Å². The van der Waals surface area contributed by atoms with Gasteiger partial charge >= 0.3 is 0 Å². The largest absolute Gasteiger partial charge is 0.353 e. The number of ether oxygens (including phenoxy) is 2. The third-order valence-electron chi connectivity index (χ3n) is 5.07. The average Bonchev–Trinajstić information content (AvgIpc) is 3.06. The van der Waals surface area contributed by atoms with Crippen molar-refractivity contribution < 1.29 is 9.47 Å². The van der Waals surface area contributed by atoms with Gasteiger partial charge in [0.1, 0.15) is 0 Å². The zero-order valence-corrected chi connectivity index (χ0v) is 16.4. The first-order valence-corrected chi connectivity index (χ1v) is 9.61. The van der Waals surface area contributed by atoms with Gasteiger partial charge in [0, 0.05) is 13.0 Å². The Balaban J connectivity index is 1.76. The highest BCUT2D eigenvalue weighted by atomic mass is 16.7. The highest BCUT2D eigenvalue weighted by molar-refractivity contribution is 5.34. The minimum Gasteiger partial charge on any atom is -0.353 e. The van der Waals surface area contributed by atoms with E-state index in [0.717, 1.165) is 19.4 Å². The zero-order valence-electron chi connectivity index (χ0n) is 16.4. The van der Waals surface area contributed by atoms with Crippen LogP contribution in [0.4, 0.5) is 0 Å². The van der Waals surface area contributed by atoms with Crippen molar-refractivity contribution in [2.45, 2.75) is 66.1 Å². The second-order valence-corrected chi connectivity index (χ2v) is 7.76. The van der Waals surface area contributed by atoms with Crippen LogP contribution in [0.25, 0.3) is 0 Å². The maximum absolute atomic E-state index is 5.65. The normalized spacial score (nSPS) is 25.1. The molecule has 0 aromatic carbocycles. The summed E-state index contributed by atoms with van der Waals surface area (Å²) in [6.45, 7) is 10.5. The molecule has 1 saturated heterocycles. The van der Waals surface area contributed by atoms with Crippen LogP contribution in [0.15, 0.2) is 59.3 Å². The van der Waals surface area contributed by atoms with E-state index in [-0.39, 0.29) is 6.29 Å². The van der Waals surface area contributed by atoms with Gasteiger partial charge < -0.3 is 9.47 Å². The number of allylic oxidation sites excluding steroid dienone is 9. The summed E-state index contributed by atoms with van der Waals surface area (Å²) >= 11 is 0. The van der Waals surface area contributed by atoms with E-state index < -0.39 is 0 Å². The van der Waals surface area contributed by atoms with Gasteiger partial charge in [-0.05, 0) is 50.5 Å². The SMILES string of the molecule is CC1=C(/C=C/C=C/C=C\C(C)=C\COC2CCCO2)C(C)(C)CCC1. The number of hydrogen-bond acceptors (Lipinski definition) is 2. The maximum Gasteiger partial charge on any atom is 0.158 e. The lowest BCUT2D eigenvalue weighted by atomic mass is 9.73. The van der Waals surface area contributed by atoms with Crippen LogP contribution < -0.4 is 0 Å². The van der Waals surface area contributed by atoms with Crippen molar-refractivity contribution in [3.05, 3.63) is 59.3 Å². The Kier molecular flexibility index (Phi) is 7.92. The second-order valence-electron chi connectivity index (χ2n) is 7.76. The molecule has 2 nitrogen and oxygen atoms in total. The molecule has 2 heteroatoms. The van der Waals surface area contributed by atoms with Crippen molar-refractivity contribution in [2.75, 3.05) is 13.2 Å². The van der Waals surface area contributed by atoms with Gasteiger partial charge in [-0.1, -0.05) is 67.5 Å². The van der Waals surface area contributed by atoms with Gasteiger partial charge in [0.05, 0.1) is 6.61 Å². The molecule has 1 heterocycles. The first-order chi connectivity index (χ1) is 12.0. The number of rotatable bonds is 7. The molecular formula is C23H34O2. The summed E-state index contributed by atoms with van der Waals surface area (Å²) < 4.78 is 11.1. The maximum atomic E-state index is 5.65. The van der Waals surface area contributed by atoms with E-state index in [9.17, 15) is 0 Å². The highest BCUT2D eigenvalue weighted by Gasteiger charge is 2.26. The van der Waals surface area contributed by atoms with E-state index >= 15 is 0 Å². The average molecular weight is 343 g/mol. The Morgan fingerprint density at radius 1 is 1.20 bits per heavy atom. The molecule has 0 radical (unpaired) electrons. The van der Waals surface area contributed by atoms with Gasteiger partial charge in [0.2, 0.25) is 0 Å². The van der Waals surface area contributed by atoms with Crippen molar-refractivity contribution in [3.8, 4) is 0 Å². The van der Waals surface area contributed by atoms with Crippen molar-refractivity contribution in [1.29, 1.82) is 0 Å². The van der Waals surface area contributed by atoms with Crippen molar-refractivity contribution in [1.82, 2.24) is 0 Å². The topological polar surface area (TPSA) is 18.5 Å². The first-order valence-electron chi connectivity index (χ1n) is 9.61. The fourth-order valence-electron chi connectivity index (χ4n) is 3.53. The molecule has 1 aliphatic heterocycles. The smallest absolute Gasteiger partial charge is 0.158 e. The molecule has 0 bridgehead atoms. The van der Waals surface area contributed by atoms with E-state index in [1.54, 1.807) is 5.57 Å². The lowest BCUT2D eigenvalue weighted by Gasteiger charge is -2.32. The molecule has 0 spiro atoms. The first kappa shape index (κ1) is 19.9. The monoisotopic (exact) mass is 342 g/mol. The van der Waals surface area contributed by atoms with Gasteiger partial charge in [-0.25, -0.2) is 0 Å². The van der Waals surface area contributed by atoms with Crippen LogP contribution in [0.5, 0.6) is 0 Å². The van der Waals surface area contributed by atoms with Crippen LogP contribution in [-0.4, -0.2) is 19.5 Å². The van der Waals surface area contributed by atoms with E-state index in [2.05, 4.69) is 70.2 Å². The lowest BCUT2D eigenvalue weighted by Crippen LogP contribution is -2.18. The molecule has 1 unspecified atom stereocenters. The van der Waals surface area contributed by atoms with E-state index in [1.807, 2.05) is 0 Å². The summed E-state index contributed by atoms with van der Waals surface area (Å²) in [7, 11) is 0. The van der Waals surface area contributed by atoms with Gasteiger partial charge in [-0.2, -0.15) is 0 Å². The molecule has 1 fully saturated rings. The summed E-state index contributed by atoms with van der Waals surface area (Å²) in [5.41, 5.74) is 4.57. The zero-order chi connectivity index (χ0) is 18.1. The minimum absolute atomic E-state index is 0.000128. The fraction of sp³-hybridized carbons (Fsp3) is 0.565. The highest BCUT2D eigenvalue weighted by Crippen LogP contribution is 2.40. The Bertz CT molecular complexity index is 567. The van der Waals surface area contributed by atoms with E-state index in [4.69, 9.17) is 9.47 Å². The fourth-order valence-corrected chi connectivity index (χ4v) is 3.53. The van der Waals surface area contributed by atoms with Crippen molar-refractivity contribution >= 4 is 0 Å². The molecule has 2 rings (SSSR count). The van der Waals surface area contributed by atoms with Crippen LogP contribution in [0.2, 0.25) is 0 Å². The third kappa shape index (κ3) is 6.80. The summed E-state index contributed by atoms with van der Waals surface area (Å²) in [5.74, 6) is 0. The van der Waals surface area contributed by atoms with Crippen LogP contribution in [-0.2, 0) is 9.47 Å². The van der Waals surface area contributed by atoms with Crippen LogP contribution in [0, 0.1) is 5.41 Å². The Morgan fingerprint density at radius 2 is 2.00 bits per heavy atom. The summed E-state index contributed by atoms with van der Waals surface area (Å²) in [6, 6.07) is 0. The molecular weight excluding hydrogens is 308 g/mol. The summed E-state index contributed by atoms with van der Waals surface area (Å²) in [6.07, 6.45) is 20.9. The van der Waals surface area contributed by atoms with Gasteiger partial charge in [0.25, 0.3) is 0 Å². The van der Waals surface area contributed by atoms with E-state index in [0.29, 0.717) is 12.0 Å². The Hall–Kier alpha value is -1.38. The van der Waals surface area contributed by atoms with Crippen molar-refractivity contribution in [3.63, 3.8) is 0 Å². The van der Waals surface area contributed by atoms with Crippen LogP contribution in [0.3, 0.4) is 0 Å². The van der Waals surface area contributed by atoms with Gasteiger partial charge in [-0.3, -0.25) is 0 Å². The Morgan fingerprint density at radius 3 is 2.72 bits per heavy atom. The van der Waals surface area contributed by atoms with Gasteiger partial charge in [-0.15, -0.1) is 0 Å². The standard InChI is InChI=1S/C23H34O2/c1-19(15-18-25-22-14-10-17-24-22)11-7-5-6-8-13-21-20(2)12-9-16-23(21,3)4/h5-8,11,13,15,22H,9-10,12,14,16-18H2,1-4H3/b6-5+,11-7-,13-8+,19-15+. The molecule has 138 valence electrons. The molecule has 0 amide bonds. The van der Waals surface area contributed by atoms with E-state index in [1.165, 1.54) is 30.4 Å². The summed E-state index contributed by atoms with van der Waals surface area (Å²) in [4.78, 5) is 0. The van der Waals surface area contributed by atoms with Crippen molar-refractivity contribution in [2.24, 2.45) is 5.41 Å². The summed E-state index contributed by atoms with van der Waals surface area (Å²) in [5, 5.41) is 0. The quantitative estimate of drug-likeness (QED) is 0.507. The third-order valence-corrected chi connectivity index (χ3v) is 5.07. The molecule has 2 aliphatic rings. The molecule has 0 N–H and O–H groups in total. The number of hydrogen-bond donors (Lipinski definition) is 0. The predicted molar refractivity (Wildman–Crippen MR) is 106 cm³/mol. The lowest BCUT2D eigenvalue weighted by molar-refractivity contribution is -0.101. The molecule has 1 aliphatic carbocycles. The van der Waals surface area contributed by atoms with Gasteiger partial charge in [0.15, 0.2) is 6.29 Å². The van der Waals surface area contributed by atoms with Crippen LogP contribution in [0.1, 0.15) is 59.8 Å². The molecule has 0 aromatic rings. The molecule has 1 atom stereocenters.